The van der Waals surface area contributed by atoms with Crippen LogP contribution in [0.2, 0.25) is 0 Å². The summed E-state index contributed by atoms with van der Waals surface area (Å²) in [6, 6.07) is 3.65. The normalized spacial score (nSPS) is 12.7. The smallest absolute Gasteiger partial charge is 0.130 e. The Kier molecular flexibility index (Phi) is 6.52. The number of rotatable bonds is 7. The van der Waals surface area contributed by atoms with E-state index in [4.69, 9.17) is 0 Å². The molecule has 0 heterocycles. The number of benzene rings is 1. The highest BCUT2D eigenvalue weighted by Gasteiger charge is 2.10. The first-order chi connectivity index (χ1) is 8.15. The second kappa shape index (κ2) is 7.67. The van der Waals surface area contributed by atoms with E-state index in [1.807, 2.05) is 18.7 Å². The van der Waals surface area contributed by atoms with E-state index in [1.54, 1.807) is 0 Å². The van der Waals surface area contributed by atoms with Gasteiger partial charge in [0.05, 0.1) is 0 Å². The Hall–Kier alpha value is -0.610. The predicted octanol–water partition coefficient (Wildman–Crippen LogP) is 3.76. The molecule has 0 aliphatic carbocycles. The van der Waals surface area contributed by atoms with Crippen LogP contribution in [0.1, 0.15) is 31.9 Å². The molecule has 1 rings (SSSR count). The van der Waals surface area contributed by atoms with E-state index in [1.165, 1.54) is 12.1 Å². The Morgan fingerprint density at radius 2 is 2.12 bits per heavy atom. The minimum atomic E-state index is -0.530. The fourth-order valence-electron chi connectivity index (χ4n) is 1.60. The maximum Gasteiger partial charge on any atom is 0.130 e. The number of thioether (sulfide) groups is 1. The summed E-state index contributed by atoms with van der Waals surface area (Å²) in [5, 5.41) is 3.24. The lowest BCUT2D eigenvalue weighted by molar-refractivity contribution is 0.518. The quantitative estimate of drug-likeness (QED) is 0.748. The van der Waals surface area contributed by atoms with E-state index in [9.17, 15) is 8.78 Å². The minimum absolute atomic E-state index is 0.0813. The third-order valence-corrected chi connectivity index (χ3v) is 3.53. The van der Waals surface area contributed by atoms with Gasteiger partial charge in [-0.2, -0.15) is 11.8 Å². The average Bonchev–Trinajstić information content (AvgIpc) is 2.28. The summed E-state index contributed by atoms with van der Waals surface area (Å²) < 4.78 is 26.2. The molecule has 0 saturated heterocycles. The van der Waals surface area contributed by atoms with Crippen molar-refractivity contribution in [1.29, 1.82) is 0 Å². The molecule has 1 nitrogen and oxygen atoms in total. The van der Waals surface area contributed by atoms with Gasteiger partial charge in [-0.1, -0.05) is 13.0 Å². The molecular weight excluding hydrogens is 240 g/mol. The van der Waals surface area contributed by atoms with Crippen LogP contribution < -0.4 is 5.32 Å². The Bertz CT molecular complexity index is 344. The van der Waals surface area contributed by atoms with Crippen LogP contribution in [0.25, 0.3) is 0 Å². The second-order valence-electron chi connectivity index (χ2n) is 3.89. The van der Waals surface area contributed by atoms with Gasteiger partial charge in [0.25, 0.3) is 0 Å². The molecule has 0 aromatic heterocycles. The molecule has 0 fully saturated rings. The largest absolute Gasteiger partial charge is 0.310 e. The molecule has 0 saturated carbocycles. The molecule has 17 heavy (non-hydrogen) atoms. The van der Waals surface area contributed by atoms with Crippen LogP contribution in [-0.4, -0.2) is 18.1 Å². The molecule has 1 aromatic rings. The fraction of sp³-hybridized carbons (Fsp3) is 0.538. The van der Waals surface area contributed by atoms with E-state index in [-0.39, 0.29) is 6.04 Å². The second-order valence-corrected chi connectivity index (χ2v) is 5.29. The van der Waals surface area contributed by atoms with Crippen molar-refractivity contribution in [3.05, 3.63) is 35.4 Å². The highest BCUT2D eigenvalue weighted by atomic mass is 32.2. The van der Waals surface area contributed by atoms with Crippen molar-refractivity contribution in [2.45, 2.75) is 26.3 Å². The summed E-state index contributed by atoms with van der Waals surface area (Å²) in [7, 11) is 0. The van der Waals surface area contributed by atoms with Crippen LogP contribution in [0.15, 0.2) is 18.2 Å². The third-order valence-electron chi connectivity index (χ3n) is 2.55. The molecule has 4 heteroatoms. The predicted molar refractivity (Wildman–Crippen MR) is 70.4 cm³/mol. The van der Waals surface area contributed by atoms with Gasteiger partial charge in [-0.05, 0) is 37.5 Å². The van der Waals surface area contributed by atoms with Gasteiger partial charge in [-0.25, -0.2) is 8.78 Å². The number of nitrogens with one attached hydrogen (secondary N) is 1. The molecule has 1 aromatic carbocycles. The first-order valence-electron chi connectivity index (χ1n) is 5.91. The maximum atomic E-state index is 13.4. The van der Waals surface area contributed by atoms with Gasteiger partial charge in [-0.15, -0.1) is 0 Å². The summed E-state index contributed by atoms with van der Waals surface area (Å²) in [6.07, 6.45) is 1.06. The number of hydrogen-bond donors (Lipinski definition) is 1. The van der Waals surface area contributed by atoms with Crippen molar-refractivity contribution < 1.29 is 8.78 Å². The molecule has 1 atom stereocenters. The van der Waals surface area contributed by atoms with E-state index in [2.05, 4.69) is 12.2 Å². The molecule has 96 valence electrons. The minimum Gasteiger partial charge on any atom is -0.310 e. The monoisotopic (exact) mass is 259 g/mol. The van der Waals surface area contributed by atoms with E-state index < -0.39 is 11.6 Å². The molecule has 1 unspecified atom stereocenters. The summed E-state index contributed by atoms with van der Waals surface area (Å²) in [5.41, 5.74) is 0.523. The third kappa shape index (κ3) is 5.04. The summed E-state index contributed by atoms with van der Waals surface area (Å²) in [4.78, 5) is 0. The molecule has 0 spiro atoms. The highest BCUT2D eigenvalue weighted by molar-refractivity contribution is 7.99. The van der Waals surface area contributed by atoms with Crippen molar-refractivity contribution in [2.24, 2.45) is 0 Å². The molecule has 1 N–H and O–H groups in total. The summed E-state index contributed by atoms with van der Waals surface area (Å²) >= 11 is 1.90. The first-order valence-corrected chi connectivity index (χ1v) is 7.06. The SMILES string of the molecule is CCSCCCNC(C)c1ccc(F)cc1F. The van der Waals surface area contributed by atoms with Gasteiger partial charge in [0, 0.05) is 17.7 Å². The standard InChI is InChI=1S/C13H19F2NS/c1-3-17-8-4-7-16-10(2)12-6-5-11(14)9-13(12)15/h5-6,9-10,16H,3-4,7-8H2,1-2H3. The van der Waals surface area contributed by atoms with Gasteiger partial charge >= 0.3 is 0 Å². The molecule has 0 bridgehead atoms. The molecular formula is C13H19F2NS. The van der Waals surface area contributed by atoms with Crippen molar-refractivity contribution in [2.75, 3.05) is 18.1 Å². The maximum absolute atomic E-state index is 13.4. The van der Waals surface area contributed by atoms with Gasteiger partial charge in [0.1, 0.15) is 11.6 Å². The Morgan fingerprint density at radius 3 is 2.76 bits per heavy atom. The lowest BCUT2D eigenvalue weighted by atomic mass is 10.1. The van der Waals surface area contributed by atoms with Crippen LogP contribution >= 0.6 is 11.8 Å². The summed E-state index contributed by atoms with van der Waals surface area (Å²) in [5.74, 6) is 1.23. The van der Waals surface area contributed by atoms with E-state index in [0.29, 0.717) is 5.56 Å². The zero-order chi connectivity index (χ0) is 12.7. The number of halogens is 2. The molecule has 0 radical (unpaired) electrons. The van der Waals surface area contributed by atoms with Crippen LogP contribution in [0.5, 0.6) is 0 Å². The van der Waals surface area contributed by atoms with Gasteiger partial charge in [0.15, 0.2) is 0 Å². The van der Waals surface area contributed by atoms with Crippen LogP contribution in [0.4, 0.5) is 8.78 Å². The van der Waals surface area contributed by atoms with E-state index in [0.717, 1.165) is 30.5 Å². The molecule has 0 aliphatic heterocycles. The fourth-order valence-corrected chi connectivity index (χ4v) is 2.24. The van der Waals surface area contributed by atoms with Gasteiger partial charge in [-0.3, -0.25) is 0 Å². The summed E-state index contributed by atoms with van der Waals surface area (Å²) in [6.45, 7) is 4.88. The van der Waals surface area contributed by atoms with E-state index >= 15 is 0 Å². The topological polar surface area (TPSA) is 12.0 Å². The van der Waals surface area contributed by atoms with Crippen LogP contribution in [0.3, 0.4) is 0 Å². The van der Waals surface area contributed by atoms with Crippen LogP contribution in [0, 0.1) is 11.6 Å². The Labute approximate surface area is 106 Å². The Balaban J connectivity index is 2.38. The molecule has 0 amide bonds. The number of hydrogen-bond acceptors (Lipinski definition) is 2. The van der Waals surface area contributed by atoms with Crippen molar-refractivity contribution in [3.63, 3.8) is 0 Å². The van der Waals surface area contributed by atoms with Gasteiger partial charge < -0.3 is 5.32 Å². The van der Waals surface area contributed by atoms with Crippen molar-refractivity contribution in [3.8, 4) is 0 Å². The van der Waals surface area contributed by atoms with Crippen molar-refractivity contribution in [1.82, 2.24) is 5.32 Å². The van der Waals surface area contributed by atoms with Crippen LogP contribution in [-0.2, 0) is 0 Å². The molecule has 0 aliphatic rings. The highest BCUT2D eigenvalue weighted by Crippen LogP contribution is 2.17. The zero-order valence-corrected chi connectivity index (χ0v) is 11.1. The Morgan fingerprint density at radius 1 is 1.35 bits per heavy atom. The zero-order valence-electron chi connectivity index (χ0n) is 10.3. The lowest BCUT2D eigenvalue weighted by Crippen LogP contribution is -2.21. The van der Waals surface area contributed by atoms with Gasteiger partial charge in [0.2, 0.25) is 0 Å². The van der Waals surface area contributed by atoms with Crippen molar-refractivity contribution >= 4 is 11.8 Å². The first kappa shape index (κ1) is 14.5. The average molecular weight is 259 g/mol. The lowest BCUT2D eigenvalue weighted by Gasteiger charge is -2.14.